The number of nitrogens with zero attached hydrogens (tertiary/aromatic N) is 3. The van der Waals surface area contributed by atoms with Crippen LogP contribution >= 0.6 is 11.3 Å². The first-order valence-electron chi connectivity index (χ1n) is 8.05. The zero-order chi connectivity index (χ0) is 15.6. The van der Waals surface area contributed by atoms with Gasteiger partial charge < -0.3 is 15.8 Å². The van der Waals surface area contributed by atoms with Crippen LogP contribution in [0.3, 0.4) is 0 Å². The molecule has 0 aromatic carbocycles. The van der Waals surface area contributed by atoms with E-state index in [1.807, 2.05) is 6.20 Å². The molecule has 3 N–H and O–H groups in total. The largest absolute Gasteiger partial charge is 0.379 e. The molecule has 0 aliphatic carbocycles. The summed E-state index contributed by atoms with van der Waals surface area (Å²) < 4.78 is 5.33. The second kappa shape index (κ2) is 9.76. The fourth-order valence-corrected chi connectivity index (χ4v) is 3.16. The first-order chi connectivity index (χ1) is 10.8. The molecule has 7 heteroatoms. The number of ether oxygens (including phenoxy) is 1. The fraction of sp³-hybridized carbons (Fsp3) is 0.733. The minimum Gasteiger partial charge on any atom is -0.379 e. The minimum atomic E-state index is 0.536. The van der Waals surface area contributed by atoms with E-state index in [1.54, 1.807) is 11.3 Å². The van der Waals surface area contributed by atoms with E-state index in [1.165, 1.54) is 4.88 Å². The number of aliphatic imine (C=N–C) groups is 1. The Morgan fingerprint density at radius 3 is 3.05 bits per heavy atom. The van der Waals surface area contributed by atoms with E-state index in [4.69, 9.17) is 10.5 Å². The Hall–Kier alpha value is -1.18. The van der Waals surface area contributed by atoms with E-state index >= 15 is 0 Å². The molecule has 1 fully saturated rings. The predicted molar refractivity (Wildman–Crippen MR) is 91.6 cm³/mol. The van der Waals surface area contributed by atoms with Crippen molar-refractivity contribution in [2.75, 3.05) is 45.9 Å². The number of aromatic nitrogens is 1. The monoisotopic (exact) mass is 325 g/mol. The standard InChI is InChI=1S/C15H27N5OS/c1-2-13-12-19-14(22-13)4-6-18-15(16)17-5-3-7-20-8-10-21-11-9-20/h12H,2-11H2,1H3,(H3,16,17,18). The third kappa shape index (κ3) is 6.29. The molecule has 6 nitrogen and oxygen atoms in total. The number of hydrogen-bond acceptors (Lipinski definition) is 5. The van der Waals surface area contributed by atoms with Gasteiger partial charge in [0.2, 0.25) is 0 Å². The topological polar surface area (TPSA) is 75.8 Å². The Morgan fingerprint density at radius 2 is 2.32 bits per heavy atom. The minimum absolute atomic E-state index is 0.536. The van der Waals surface area contributed by atoms with Crippen LogP contribution in [0.1, 0.15) is 23.2 Å². The van der Waals surface area contributed by atoms with Crippen molar-refractivity contribution in [2.45, 2.75) is 26.2 Å². The van der Waals surface area contributed by atoms with E-state index < -0.39 is 0 Å². The summed E-state index contributed by atoms with van der Waals surface area (Å²) in [6.45, 7) is 8.54. The SMILES string of the molecule is CCc1cnc(CCNC(N)=NCCCN2CCOCC2)s1. The number of nitrogens with one attached hydrogen (secondary N) is 1. The van der Waals surface area contributed by atoms with Gasteiger partial charge >= 0.3 is 0 Å². The summed E-state index contributed by atoms with van der Waals surface area (Å²) in [5, 5.41) is 4.31. The van der Waals surface area contributed by atoms with E-state index in [2.05, 4.69) is 27.1 Å². The summed E-state index contributed by atoms with van der Waals surface area (Å²) in [7, 11) is 0. The number of hydrogen-bond donors (Lipinski definition) is 2. The van der Waals surface area contributed by atoms with Gasteiger partial charge in [0.15, 0.2) is 5.96 Å². The molecule has 2 heterocycles. The van der Waals surface area contributed by atoms with E-state index in [0.29, 0.717) is 5.96 Å². The van der Waals surface area contributed by atoms with Crippen LogP contribution < -0.4 is 11.1 Å². The molecule has 0 saturated carbocycles. The van der Waals surface area contributed by atoms with Crippen LogP contribution in [-0.2, 0) is 17.6 Å². The maximum atomic E-state index is 5.88. The van der Waals surface area contributed by atoms with E-state index in [0.717, 1.165) is 70.2 Å². The second-order valence-corrected chi connectivity index (χ2v) is 6.52. The van der Waals surface area contributed by atoms with Gasteiger partial charge in [-0.15, -0.1) is 11.3 Å². The van der Waals surface area contributed by atoms with Gasteiger partial charge in [0, 0.05) is 50.2 Å². The van der Waals surface area contributed by atoms with Crippen molar-refractivity contribution < 1.29 is 4.74 Å². The molecule has 124 valence electrons. The number of thiazole rings is 1. The number of guanidine groups is 1. The summed E-state index contributed by atoms with van der Waals surface area (Å²) in [6, 6.07) is 0. The maximum Gasteiger partial charge on any atom is 0.188 e. The van der Waals surface area contributed by atoms with E-state index in [9.17, 15) is 0 Å². The number of rotatable bonds is 8. The second-order valence-electron chi connectivity index (χ2n) is 5.33. The van der Waals surface area contributed by atoms with Crippen molar-refractivity contribution in [1.82, 2.24) is 15.2 Å². The molecule has 1 aliphatic heterocycles. The molecular formula is C15H27N5OS. The normalized spacial score (nSPS) is 16.9. The summed E-state index contributed by atoms with van der Waals surface area (Å²) >= 11 is 1.77. The van der Waals surface area contributed by atoms with Crippen molar-refractivity contribution >= 4 is 17.3 Å². The van der Waals surface area contributed by atoms with Crippen LogP contribution in [0, 0.1) is 0 Å². The Morgan fingerprint density at radius 1 is 1.50 bits per heavy atom. The molecule has 0 unspecified atom stereocenters. The molecule has 1 aromatic rings. The third-order valence-corrected chi connectivity index (χ3v) is 4.81. The van der Waals surface area contributed by atoms with Crippen LogP contribution in [0.5, 0.6) is 0 Å². The highest BCUT2D eigenvalue weighted by Gasteiger charge is 2.08. The van der Waals surface area contributed by atoms with Crippen LogP contribution in [-0.4, -0.2) is 61.8 Å². The lowest BCUT2D eigenvalue weighted by Gasteiger charge is -2.26. The Bertz CT molecular complexity index is 457. The summed E-state index contributed by atoms with van der Waals surface area (Å²) in [5.41, 5.74) is 5.88. The quantitative estimate of drug-likeness (QED) is 0.421. The van der Waals surface area contributed by atoms with Gasteiger partial charge in [0.1, 0.15) is 0 Å². The average molecular weight is 325 g/mol. The highest BCUT2D eigenvalue weighted by molar-refractivity contribution is 7.11. The van der Waals surface area contributed by atoms with Gasteiger partial charge in [0.05, 0.1) is 18.2 Å². The Kier molecular flexibility index (Phi) is 7.62. The molecule has 1 aliphatic rings. The van der Waals surface area contributed by atoms with Gasteiger partial charge in [-0.3, -0.25) is 9.89 Å². The highest BCUT2D eigenvalue weighted by atomic mass is 32.1. The number of nitrogens with two attached hydrogens (primary N) is 1. The molecule has 2 rings (SSSR count). The zero-order valence-corrected chi connectivity index (χ0v) is 14.2. The smallest absolute Gasteiger partial charge is 0.188 e. The van der Waals surface area contributed by atoms with Crippen molar-refractivity contribution in [2.24, 2.45) is 10.7 Å². The summed E-state index contributed by atoms with van der Waals surface area (Å²) in [5.74, 6) is 0.536. The Labute approximate surface area is 136 Å². The van der Waals surface area contributed by atoms with Crippen LogP contribution in [0.25, 0.3) is 0 Å². The van der Waals surface area contributed by atoms with Crippen LogP contribution in [0.4, 0.5) is 0 Å². The average Bonchev–Trinajstić information content (AvgIpc) is 3.01. The van der Waals surface area contributed by atoms with Crippen molar-refractivity contribution in [3.8, 4) is 0 Å². The van der Waals surface area contributed by atoms with Crippen molar-refractivity contribution in [3.05, 3.63) is 16.1 Å². The lowest BCUT2D eigenvalue weighted by molar-refractivity contribution is 0.0377. The van der Waals surface area contributed by atoms with Gasteiger partial charge in [0.25, 0.3) is 0 Å². The van der Waals surface area contributed by atoms with Gasteiger partial charge in [-0.05, 0) is 12.8 Å². The molecule has 0 atom stereocenters. The van der Waals surface area contributed by atoms with Crippen LogP contribution in [0.2, 0.25) is 0 Å². The molecule has 1 saturated heterocycles. The molecule has 1 aromatic heterocycles. The molecule has 0 spiro atoms. The first kappa shape index (κ1) is 17.2. The fourth-order valence-electron chi connectivity index (χ4n) is 2.30. The molecule has 0 radical (unpaired) electrons. The highest BCUT2D eigenvalue weighted by Crippen LogP contribution is 2.13. The molecular weight excluding hydrogens is 298 g/mol. The third-order valence-electron chi connectivity index (χ3n) is 3.61. The summed E-state index contributed by atoms with van der Waals surface area (Å²) in [6.07, 6.45) is 4.95. The first-order valence-corrected chi connectivity index (χ1v) is 8.87. The van der Waals surface area contributed by atoms with Gasteiger partial charge in [-0.2, -0.15) is 0 Å². The van der Waals surface area contributed by atoms with Gasteiger partial charge in [-0.1, -0.05) is 6.92 Å². The maximum absolute atomic E-state index is 5.88. The van der Waals surface area contributed by atoms with E-state index in [-0.39, 0.29) is 0 Å². The van der Waals surface area contributed by atoms with Crippen molar-refractivity contribution in [1.29, 1.82) is 0 Å². The predicted octanol–water partition coefficient (Wildman–Crippen LogP) is 0.875. The number of aryl methyl sites for hydroxylation is 1. The Balaban J connectivity index is 1.55. The molecule has 0 amide bonds. The summed E-state index contributed by atoms with van der Waals surface area (Å²) in [4.78, 5) is 12.5. The zero-order valence-electron chi connectivity index (χ0n) is 13.4. The molecule has 0 bridgehead atoms. The lowest BCUT2D eigenvalue weighted by Crippen LogP contribution is -2.37. The molecule has 22 heavy (non-hydrogen) atoms. The number of morpholine rings is 1. The van der Waals surface area contributed by atoms with Gasteiger partial charge in [-0.25, -0.2) is 4.98 Å². The van der Waals surface area contributed by atoms with Crippen molar-refractivity contribution in [3.63, 3.8) is 0 Å². The van der Waals surface area contributed by atoms with Crippen LogP contribution in [0.15, 0.2) is 11.2 Å². The lowest BCUT2D eigenvalue weighted by atomic mass is 10.3.